The van der Waals surface area contributed by atoms with Gasteiger partial charge in [0.2, 0.25) is 0 Å². The zero-order valence-electron chi connectivity index (χ0n) is 17.1. The summed E-state index contributed by atoms with van der Waals surface area (Å²) in [5.41, 5.74) is 2.38. The first-order valence-electron chi connectivity index (χ1n) is 10.1. The van der Waals surface area contributed by atoms with Crippen LogP contribution in [0.25, 0.3) is 12.2 Å². The van der Waals surface area contributed by atoms with E-state index in [1.165, 1.54) is 12.2 Å². The van der Waals surface area contributed by atoms with Crippen molar-refractivity contribution in [1.29, 1.82) is 0 Å². The molecule has 0 unspecified atom stereocenters. The summed E-state index contributed by atoms with van der Waals surface area (Å²) in [4.78, 5) is 25.7. The number of thioether (sulfide) groups is 2. The highest BCUT2D eigenvalue weighted by molar-refractivity contribution is 8.22. The van der Waals surface area contributed by atoms with E-state index in [1.54, 1.807) is 35.7 Å². The molecule has 4 heteroatoms. The van der Waals surface area contributed by atoms with Crippen LogP contribution in [0.1, 0.15) is 17.5 Å². The Morgan fingerprint density at radius 3 is 1.55 bits per heavy atom. The van der Waals surface area contributed by atoms with E-state index in [0.717, 1.165) is 33.3 Å². The third kappa shape index (κ3) is 7.74. The molecule has 1 aliphatic heterocycles. The van der Waals surface area contributed by atoms with Crippen molar-refractivity contribution >= 4 is 47.2 Å². The largest absolute Gasteiger partial charge is 0.289 e. The molecule has 1 heterocycles. The summed E-state index contributed by atoms with van der Waals surface area (Å²) in [6.07, 6.45) is 14.9. The summed E-state index contributed by atoms with van der Waals surface area (Å²) < 4.78 is 0.828. The second-order valence-electron chi connectivity index (χ2n) is 6.70. The summed E-state index contributed by atoms with van der Waals surface area (Å²) in [5.74, 6) is 1.36. The number of carbonyl (C=O) groups excluding carboxylic acids is 2. The molecule has 0 spiro atoms. The summed E-state index contributed by atoms with van der Waals surface area (Å²) in [7, 11) is 0. The van der Waals surface area contributed by atoms with Gasteiger partial charge in [0.15, 0.2) is 11.6 Å². The quantitative estimate of drug-likeness (QED) is 0.195. The average Bonchev–Trinajstić information content (AvgIpc) is 2.82. The van der Waals surface area contributed by atoms with Crippen LogP contribution in [0.4, 0.5) is 0 Å². The smallest absolute Gasteiger partial charge is 0.191 e. The summed E-state index contributed by atoms with van der Waals surface area (Å²) in [5, 5.41) is 0. The molecule has 1 fully saturated rings. The number of ketones is 2. The molecule has 156 valence electrons. The first kappa shape index (κ1) is 22.9. The zero-order valence-corrected chi connectivity index (χ0v) is 18.8. The van der Waals surface area contributed by atoms with E-state index in [-0.39, 0.29) is 17.1 Å². The van der Waals surface area contributed by atoms with Crippen molar-refractivity contribution < 1.29 is 9.59 Å². The maximum Gasteiger partial charge on any atom is 0.191 e. The third-order valence-electron chi connectivity index (χ3n) is 4.35. The maximum absolute atomic E-state index is 12.9. The van der Waals surface area contributed by atoms with Crippen LogP contribution < -0.4 is 0 Å². The van der Waals surface area contributed by atoms with E-state index in [1.807, 2.05) is 85.0 Å². The van der Waals surface area contributed by atoms with Crippen LogP contribution in [-0.4, -0.2) is 23.1 Å². The lowest BCUT2D eigenvalue weighted by Crippen LogP contribution is -2.12. The van der Waals surface area contributed by atoms with E-state index in [9.17, 15) is 9.59 Å². The predicted octanol–water partition coefficient (Wildman–Crippen LogP) is 6.75. The fourth-order valence-corrected chi connectivity index (χ4v) is 5.47. The molecule has 0 amide bonds. The molecule has 2 aromatic carbocycles. The second-order valence-corrected chi connectivity index (χ2v) is 9.17. The Bertz CT molecular complexity index is 948. The molecule has 3 rings (SSSR count). The van der Waals surface area contributed by atoms with Gasteiger partial charge in [0.05, 0.1) is 9.81 Å². The van der Waals surface area contributed by atoms with Crippen LogP contribution in [0.5, 0.6) is 0 Å². The van der Waals surface area contributed by atoms with Gasteiger partial charge < -0.3 is 0 Å². The molecule has 0 saturated carbocycles. The molecule has 0 aliphatic carbocycles. The van der Waals surface area contributed by atoms with Crippen LogP contribution in [0.3, 0.4) is 0 Å². The van der Waals surface area contributed by atoms with Gasteiger partial charge in [0, 0.05) is 0 Å². The molecule has 2 nitrogen and oxygen atoms in total. The molecule has 0 atom stereocenters. The molecule has 0 N–H and O–H groups in total. The van der Waals surface area contributed by atoms with Crippen molar-refractivity contribution in [2.24, 2.45) is 0 Å². The minimum atomic E-state index is -0.253. The number of rotatable bonds is 8. The van der Waals surface area contributed by atoms with Crippen molar-refractivity contribution in [2.45, 2.75) is 6.42 Å². The topological polar surface area (TPSA) is 34.1 Å². The van der Waals surface area contributed by atoms with E-state index in [2.05, 4.69) is 0 Å². The highest BCUT2D eigenvalue weighted by Crippen LogP contribution is 2.37. The molecule has 1 aliphatic rings. The Hall–Kier alpha value is -2.82. The SMILES string of the molecule is O=C(C=CC=Cc1ccccc1)C(C(=O)C=CC=Cc1ccccc1)=C1SCCCS1. The molecule has 0 bridgehead atoms. The third-order valence-corrected chi connectivity index (χ3v) is 6.97. The second kappa shape index (κ2) is 12.8. The predicted molar refractivity (Wildman–Crippen MR) is 136 cm³/mol. The first-order chi connectivity index (χ1) is 15.2. The van der Waals surface area contributed by atoms with Gasteiger partial charge in [-0.2, -0.15) is 0 Å². The van der Waals surface area contributed by atoms with Gasteiger partial charge >= 0.3 is 0 Å². The monoisotopic (exact) mass is 444 g/mol. The van der Waals surface area contributed by atoms with Gasteiger partial charge in [-0.15, -0.1) is 23.5 Å². The van der Waals surface area contributed by atoms with Crippen molar-refractivity contribution in [3.05, 3.63) is 118 Å². The Kier molecular flexibility index (Phi) is 9.42. The van der Waals surface area contributed by atoms with E-state index in [4.69, 9.17) is 0 Å². The zero-order chi connectivity index (χ0) is 21.7. The number of carbonyl (C=O) groups is 2. The van der Waals surface area contributed by atoms with Gasteiger partial charge in [0.1, 0.15) is 0 Å². The van der Waals surface area contributed by atoms with Gasteiger partial charge in [-0.1, -0.05) is 97.1 Å². The van der Waals surface area contributed by atoms with Crippen LogP contribution in [0, 0.1) is 0 Å². The lowest BCUT2D eigenvalue weighted by molar-refractivity contribution is -0.116. The highest BCUT2D eigenvalue weighted by atomic mass is 32.2. The highest BCUT2D eigenvalue weighted by Gasteiger charge is 2.22. The van der Waals surface area contributed by atoms with Crippen LogP contribution in [-0.2, 0) is 9.59 Å². The van der Waals surface area contributed by atoms with E-state index >= 15 is 0 Å². The molecular formula is C27H24O2S2. The van der Waals surface area contributed by atoms with Gasteiger partial charge in [0.25, 0.3) is 0 Å². The fourth-order valence-electron chi connectivity index (χ4n) is 2.81. The van der Waals surface area contributed by atoms with Crippen molar-refractivity contribution in [1.82, 2.24) is 0 Å². The summed E-state index contributed by atoms with van der Waals surface area (Å²) >= 11 is 3.19. The van der Waals surface area contributed by atoms with E-state index in [0.29, 0.717) is 0 Å². The van der Waals surface area contributed by atoms with Gasteiger partial charge in [-0.3, -0.25) is 9.59 Å². The first-order valence-corrected chi connectivity index (χ1v) is 12.1. The van der Waals surface area contributed by atoms with Crippen LogP contribution in [0.15, 0.2) is 107 Å². The van der Waals surface area contributed by atoms with Crippen molar-refractivity contribution in [2.75, 3.05) is 11.5 Å². The normalized spacial score (nSPS) is 14.8. The summed E-state index contributed by atoms with van der Waals surface area (Å²) in [6.45, 7) is 0. The molecule has 31 heavy (non-hydrogen) atoms. The van der Waals surface area contributed by atoms with Crippen molar-refractivity contribution in [3.63, 3.8) is 0 Å². The molecule has 0 aromatic heterocycles. The minimum Gasteiger partial charge on any atom is -0.289 e. The van der Waals surface area contributed by atoms with Crippen molar-refractivity contribution in [3.8, 4) is 0 Å². The Morgan fingerprint density at radius 2 is 1.10 bits per heavy atom. The molecule has 1 saturated heterocycles. The number of benzene rings is 2. The Morgan fingerprint density at radius 1 is 0.645 bits per heavy atom. The lowest BCUT2D eigenvalue weighted by atomic mass is 10.1. The molecule has 2 aromatic rings. The number of hydrogen-bond donors (Lipinski definition) is 0. The number of allylic oxidation sites excluding steroid dienone is 7. The van der Waals surface area contributed by atoms with Gasteiger partial charge in [-0.05, 0) is 41.2 Å². The fraction of sp³-hybridized carbons (Fsp3) is 0.111. The Balaban J connectivity index is 1.71. The maximum atomic E-state index is 12.9. The average molecular weight is 445 g/mol. The van der Waals surface area contributed by atoms with Crippen LogP contribution in [0.2, 0.25) is 0 Å². The van der Waals surface area contributed by atoms with Crippen LogP contribution >= 0.6 is 23.5 Å². The minimum absolute atomic E-state index is 0.253. The summed E-state index contributed by atoms with van der Waals surface area (Å²) in [6, 6.07) is 19.7. The lowest BCUT2D eigenvalue weighted by Gasteiger charge is -2.15. The molecular weight excluding hydrogens is 420 g/mol. The molecule has 0 radical (unpaired) electrons. The van der Waals surface area contributed by atoms with Gasteiger partial charge in [-0.25, -0.2) is 0 Å². The number of hydrogen-bond acceptors (Lipinski definition) is 4. The van der Waals surface area contributed by atoms with E-state index < -0.39 is 0 Å². The standard InChI is InChI=1S/C27H24O2S2/c28-24(18-9-7-16-22-12-3-1-4-13-22)26(27-30-20-11-21-31-27)25(29)19-10-8-17-23-14-5-2-6-15-23/h1-10,12-19H,11,20-21H2. The Labute approximate surface area is 192 Å².